The number of ether oxygens (including phenoxy) is 1. The van der Waals surface area contributed by atoms with Gasteiger partial charge in [0, 0.05) is 24.9 Å². The molecule has 0 spiro atoms. The fraction of sp³-hybridized carbons (Fsp3) is 0.290. The molecule has 3 N–H and O–H groups in total. The average molecular weight is 623 g/mol. The molecule has 226 valence electrons. The van der Waals surface area contributed by atoms with Crippen molar-refractivity contribution in [3.63, 3.8) is 0 Å². The van der Waals surface area contributed by atoms with Gasteiger partial charge in [-0.1, -0.05) is 55.5 Å². The number of likely N-dealkylation sites (N-methyl/N-ethyl adjacent to an activating group) is 1. The van der Waals surface area contributed by atoms with Crippen molar-refractivity contribution in [2.45, 2.75) is 30.2 Å². The third-order valence-electron chi connectivity index (χ3n) is 7.53. The number of aliphatic hydroxyl groups excluding tert-OH is 1. The topological polar surface area (TPSA) is 128 Å². The number of anilines is 2. The number of fused-ring (bicyclic) bond motifs is 2. The zero-order valence-corrected chi connectivity index (χ0v) is 25.7. The van der Waals surface area contributed by atoms with Gasteiger partial charge in [0.1, 0.15) is 10.3 Å². The molecule has 3 amide bonds. The number of nitrogens with one attached hydrogen (secondary N) is 2. The number of nitrogens with zero attached hydrogens (tertiary/aromatic N) is 2. The predicted molar refractivity (Wildman–Crippen MR) is 168 cm³/mol. The van der Waals surface area contributed by atoms with E-state index in [1.54, 1.807) is 42.5 Å². The van der Waals surface area contributed by atoms with Crippen LogP contribution in [-0.4, -0.2) is 74.2 Å². The Morgan fingerprint density at radius 1 is 1.09 bits per heavy atom. The second-order valence-corrected chi connectivity index (χ2v) is 13.5. The van der Waals surface area contributed by atoms with Crippen LogP contribution in [0.15, 0.2) is 82.4 Å². The highest BCUT2D eigenvalue weighted by Crippen LogP contribution is 2.36. The monoisotopic (exact) mass is 622 g/mol. The van der Waals surface area contributed by atoms with Crippen LogP contribution in [0.2, 0.25) is 0 Å². The van der Waals surface area contributed by atoms with Crippen molar-refractivity contribution in [3.8, 4) is 5.75 Å². The minimum absolute atomic E-state index is 0.0715. The molecule has 43 heavy (non-hydrogen) atoms. The summed E-state index contributed by atoms with van der Waals surface area (Å²) in [4.78, 5) is 30.1. The molecule has 1 aliphatic rings. The molecular weight excluding hydrogens is 588 g/mol. The van der Waals surface area contributed by atoms with E-state index in [0.717, 1.165) is 22.1 Å². The molecule has 3 atom stereocenters. The summed E-state index contributed by atoms with van der Waals surface area (Å²) < 4.78 is 35.4. The van der Waals surface area contributed by atoms with Gasteiger partial charge in [0.25, 0.3) is 15.9 Å². The molecule has 0 aliphatic carbocycles. The van der Waals surface area contributed by atoms with Crippen LogP contribution in [0.5, 0.6) is 5.75 Å². The fourth-order valence-electron chi connectivity index (χ4n) is 5.05. The number of aliphatic hydroxyl groups is 1. The molecule has 4 aromatic rings. The molecular formula is C31H34N4O6S2. The van der Waals surface area contributed by atoms with Crippen molar-refractivity contribution in [2.75, 3.05) is 36.8 Å². The fourth-order valence-corrected chi connectivity index (χ4v) is 7.11. The summed E-state index contributed by atoms with van der Waals surface area (Å²) in [5.74, 6) is -0.607. The SMILES string of the molecule is C[C@@H]1CN([C@H](C)CO)C(=O)c2cccc(NS(=O)(=O)c3cccs3)c2O[C@H]1CN(C)C(=O)Nc1cccc2ccccc12. The van der Waals surface area contributed by atoms with Crippen molar-refractivity contribution < 1.29 is 27.9 Å². The van der Waals surface area contributed by atoms with E-state index >= 15 is 0 Å². The maximum Gasteiger partial charge on any atom is 0.321 e. The molecule has 2 heterocycles. The van der Waals surface area contributed by atoms with Crippen LogP contribution in [0.1, 0.15) is 24.2 Å². The molecule has 0 radical (unpaired) electrons. The summed E-state index contributed by atoms with van der Waals surface area (Å²) in [5.41, 5.74) is 0.940. The van der Waals surface area contributed by atoms with Gasteiger partial charge in [0.05, 0.1) is 36.1 Å². The Morgan fingerprint density at radius 2 is 1.81 bits per heavy atom. The van der Waals surface area contributed by atoms with Gasteiger partial charge in [-0.3, -0.25) is 9.52 Å². The van der Waals surface area contributed by atoms with Crippen molar-refractivity contribution in [1.29, 1.82) is 0 Å². The van der Waals surface area contributed by atoms with Crippen molar-refractivity contribution in [1.82, 2.24) is 9.80 Å². The maximum atomic E-state index is 13.7. The molecule has 1 aliphatic heterocycles. The normalized spacial score (nSPS) is 17.8. The smallest absolute Gasteiger partial charge is 0.321 e. The van der Waals surface area contributed by atoms with E-state index in [1.807, 2.05) is 49.4 Å². The highest BCUT2D eigenvalue weighted by atomic mass is 32.2. The first-order valence-corrected chi connectivity index (χ1v) is 16.2. The predicted octanol–water partition coefficient (Wildman–Crippen LogP) is 5.09. The quantitative estimate of drug-likeness (QED) is 0.251. The first-order chi connectivity index (χ1) is 20.6. The van der Waals surface area contributed by atoms with Crippen LogP contribution in [0.25, 0.3) is 10.8 Å². The molecule has 0 saturated carbocycles. The molecule has 0 fully saturated rings. The van der Waals surface area contributed by atoms with E-state index in [0.29, 0.717) is 5.69 Å². The molecule has 10 nitrogen and oxygen atoms in total. The second-order valence-electron chi connectivity index (χ2n) is 10.7. The Kier molecular flexibility index (Phi) is 8.90. The van der Waals surface area contributed by atoms with Crippen LogP contribution in [0.4, 0.5) is 16.2 Å². The number of para-hydroxylation sites is 1. The minimum atomic E-state index is -3.95. The Labute approximate surface area is 254 Å². The Balaban J connectivity index is 1.46. The standard InChI is InChI=1S/C31H34N4O6S2/c1-20-17-35(21(2)19-36)30(37)24-12-7-14-26(33-43(39,40)28-15-8-16-42-28)29(24)41-27(20)18-34(3)31(38)32-25-13-6-10-22-9-4-5-11-23(22)25/h4-16,20-21,27,33,36H,17-19H2,1-3H3,(H,32,38)/t20-,21-,27+/m1/s1. The van der Waals surface area contributed by atoms with Crippen LogP contribution in [0, 0.1) is 5.92 Å². The Morgan fingerprint density at radius 3 is 2.56 bits per heavy atom. The van der Waals surface area contributed by atoms with Gasteiger partial charge in [-0.25, -0.2) is 13.2 Å². The van der Waals surface area contributed by atoms with E-state index in [4.69, 9.17) is 4.74 Å². The molecule has 1 aromatic heterocycles. The molecule has 5 rings (SSSR count). The van der Waals surface area contributed by atoms with Gasteiger partial charge in [0.15, 0.2) is 5.75 Å². The summed E-state index contributed by atoms with van der Waals surface area (Å²) in [6.07, 6.45) is -0.629. The van der Waals surface area contributed by atoms with Crippen LogP contribution >= 0.6 is 11.3 Å². The maximum absolute atomic E-state index is 13.7. The van der Waals surface area contributed by atoms with Crippen LogP contribution in [0.3, 0.4) is 0 Å². The zero-order chi connectivity index (χ0) is 30.7. The zero-order valence-electron chi connectivity index (χ0n) is 24.1. The van der Waals surface area contributed by atoms with Gasteiger partial charge in [-0.15, -0.1) is 11.3 Å². The highest BCUT2D eigenvalue weighted by Gasteiger charge is 2.35. The average Bonchev–Trinajstić information content (AvgIpc) is 3.55. The van der Waals surface area contributed by atoms with E-state index in [-0.39, 0.29) is 58.8 Å². The second kappa shape index (κ2) is 12.6. The lowest BCUT2D eigenvalue weighted by Gasteiger charge is -2.38. The first-order valence-electron chi connectivity index (χ1n) is 13.9. The van der Waals surface area contributed by atoms with E-state index in [2.05, 4.69) is 10.0 Å². The molecule has 12 heteroatoms. The minimum Gasteiger partial charge on any atom is -0.485 e. The number of rotatable bonds is 8. The van der Waals surface area contributed by atoms with E-state index < -0.39 is 22.2 Å². The van der Waals surface area contributed by atoms with Gasteiger partial charge in [-0.05, 0) is 42.0 Å². The summed E-state index contributed by atoms with van der Waals surface area (Å²) in [6, 6.07) is 20.4. The third-order valence-corrected chi connectivity index (χ3v) is 10.3. The van der Waals surface area contributed by atoms with Crippen molar-refractivity contribution >= 4 is 55.4 Å². The lowest BCUT2D eigenvalue weighted by molar-refractivity contribution is 0.0373. The lowest BCUT2D eigenvalue weighted by Crippen LogP contribution is -2.50. The number of hydrogen-bond acceptors (Lipinski definition) is 7. The number of sulfonamides is 1. The van der Waals surface area contributed by atoms with Gasteiger partial charge < -0.3 is 25.0 Å². The summed E-state index contributed by atoms with van der Waals surface area (Å²) >= 11 is 1.07. The Bertz CT molecular complexity index is 1720. The van der Waals surface area contributed by atoms with Crippen LogP contribution < -0.4 is 14.8 Å². The van der Waals surface area contributed by atoms with Crippen LogP contribution in [-0.2, 0) is 10.0 Å². The Hall–Kier alpha value is -4.13. The summed E-state index contributed by atoms with van der Waals surface area (Å²) in [6.45, 7) is 3.79. The number of benzene rings is 3. The largest absolute Gasteiger partial charge is 0.485 e. The van der Waals surface area contributed by atoms with Gasteiger partial charge in [-0.2, -0.15) is 0 Å². The number of thiophene rings is 1. The van der Waals surface area contributed by atoms with E-state index in [1.165, 1.54) is 17.0 Å². The van der Waals surface area contributed by atoms with Crippen molar-refractivity contribution in [2.24, 2.45) is 5.92 Å². The summed E-state index contributed by atoms with van der Waals surface area (Å²) in [7, 11) is -2.29. The lowest BCUT2D eigenvalue weighted by atomic mass is 9.99. The molecule has 0 unspecified atom stereocenters. The number of hydrogen-bond donors (Lipinski definition) is 3. The van der Waals surface area contributed by atoms with Gasteiger partial charge >= 0.3 is 6.03 Å². The first kappa shape index (κ1) is 30.3. The highest BCUT2D eigenvalue weighted by molar-refractivity contribution is 7.94. The number of amides is 3. The van der Waals surface area contributed by atoms with E-state index in [9.17, 15) is 23.1 Å². The third kappa shape index (κ3) is 6.46. The van der Waals surface area contributed by atoms with Crippen molar-refractivity contribution in [3.05, 3.63) is 83.7 Å². The van der Waals surface area contributed by atoms with Gasteiger partial charge in [0.2, 0.25) is 0 Å². The summed E-state index contributed by atoms with van der Waals surface area (Å²) in [5, 5.41) is 16.5. The molecule has 0 bridgehead atoms. The molecule has 0 saturated heterocycles. The number of urea groups is 1. The molecule has 3 aromatic carbocycles. The number of carbonyl (C=O) groups is 2. The number of carbonyl (C=O) groups excluding carboxylic acids is 2.